The highest BCUT2D eigenvalue weighted by molar-refractivity contribution is 7.18. The average Bonchev–Trinajstić information content (AvgIpc) is 3.46. The van der Waals surface area contributed by atoms with E-state index in [-0.39, 0.29) is 6.42 Å². The number of hydrogen-bond donors (Lipinski definition) is 2. The Balaban J connectivity index is 1.77. The monoisotopic (exact) mass is 459 g/mol. The van der Waals surface area contributed by atoms with E-state index < -0.39 is 5.97 Å². The van der Waals surface area contributed by atoms with Crippen LogP contribution < -0.4 is 5.73 Å². The van der Waals surface area contributed by atoms with Crippen molar-refractivity contribution in [1.29, 1.82) is 0 Å². The number of furan rings is 1. The number of carboxylic acids is 1. The van der Waals surface area contributed by atoms with Crippen LogP contribution in [0.3, 0.4) is 0 Å². The zero-order chi connectivity index (χ0) is 23.4. The van der Waals surface area contributed by atoms with Gasteiger partial charge in [0.05, 0.1) is 17.4 Å². The highest BCUT2D eigenvalue weighted by Gasteiger charge is 2.16. The van der Waals surface area contributed by atoms with Crippen molar-refractivity contribution in [2.75, 3.05) is 0 Å². The quantitative estimate of drug-likeness (QED) is 0.213. The molecule has 5 nitrogen and oxygen atoms in total. The normalized spacial score (nSPS) is 12.4. The van der Waals surface area contributed by atoms with Gasteiger partial charge >= 0.3 is 5.97 Å². The fourth-order valence-corrected chi connectivity index (χ4v) is 4.89. The molecule has 3 N–H and O–H groups in total. The van der Waals surface area contributed by atoms with E-state index in [0.29, 0.717) is 24.5 Å². The molecule has 6 heteroatoms. The topological polar surface area (TPSA) is 85.7 Å². The first kappa shape index (κ1) is 22.6. The summed E-state index contributed by atoms with van der Waals surface area (Å²) in [6, 6.07) is 12.4. The molecular weight excluding hydrogens is 434 g/mol. The molecule has 0 bridgehead atoms. The van der Waals surface area contributed by atoms with Crippen molar-refractivity contribution in [3.63, 3.8) is 0 Å². The van der Waals surface area contributed by atoms with Crippen LogP contribution in [0.5, 0.6) is 0 Å². The minimum atomic E-state index is -0.930. The number of thiophene rings is 1. The summed E-state index contributed by atoms with van der Waals surface area (Å²) in [5.41, 5.74) is 11.5. The van der Waals surface area contributed by atoms with Crippen molar-refractivity contribution in [3.05, 3.63) is 95.3 Å². The Morgan fingerprint density at radius 3 is 2.85 bits per heavy atom. The molecular formula is C27H25NO4S. The average molecular weight is 460 g/mol. The van der Waals surface area contributed by atoms with Crippen molar-refractivity contribution in [3.8, 4) is 11.1 Å². The van der Waals surface area contributed by atoms with Crippen molar-refractivity contribution in [2.45, 2.75) is 26.5 Å². The van der Waals surface area contributed by atoms with Crippen molar-refractivity contribution < 1.29 is 19.1 Å². The highest BCUT2D eigenvalue weighted by Crippen LogP contribution is 2.40. The highest BCUT2D eigenvalue weighted by atomic mass is 32.1. The van der Waals surface area contributed by atoms with E-state index in [4.69, 9.17) is 14.9 Å². The van der Waals surface area contributed by atoms with Crippen LogP contribution >= 0.6 is 11.3 Å². The van der Waals surface area contributed by atoms with Crippen LogP contribution in [0.2, 0.25) is 0 Å². The minimum absolute atomic E-state index is 0.151. The molecule has 2 aromatic heterocycles. The number of rotatable bonds is 9. The van der Waals surface area contributed by atoms with E-state index >= 15 is 0 Å². The minimum Gasteiger partial charge on any atom is -0.489 e. The summed E-state index contributed by atoms with van der Waals surface area (Å²) in [6.07, 6.45) is 6.68. The number of fused-ring (bicyclic) bond motifs is 3. The Morgan fingerprint density at radius 2 is 2.12 bits per heavy atom. The second-order valence-electron chi connectivity index (χ2n) is 7.58. The third-order valence-electron chi connectivity index (χ3n) is 5.44. The molecule has 0 amide bonds. The summed E-state index contributed by atoms with van der Waals surface area (Å²) in [7, 11) is 0. The lowest BCUT2D eigenvalue weighted by Crippen LogP contribution is -2.01. The smallest absolute Gasteiger partial charge is 0.307 e. The molecule has 0 unspecified atom stereocenters. The molecule has 0 fully saturated rings. The molecule has 0 aliphatic carbocycles. The largest absolute Gasteiger partial charge is 0.489 e. The van der Waals surface area contributed by atoms with Crippen LogP contribution in [0.15, 0.2) is 88.6 Å². The van der Waals surface area contributed by atoms with Crippen molar-refractivity contribution in [2.24, 2.45) is 5.73 Å². The van der Waals surface area contributed by atoms with Crippen LogP contribution in [0.1, 0.15) is 24.5 Å². The molecule has 2 heterocycles. The van der Waals surface area contributed by atoms with E-state index in [1.165, 1.54) is 6.08 Å². The third-order valence-corrected chi connectivity index (χ3v) is 6.48. The molecule has 33 heavy (non-hydrogen) atoms. The molecule has 0 radical (unpaired) electrons. The molecule has 0 saturated heterocycles. The van der Waals surface area contributed by atoms with E-state index in [2.05, 4.69) is 30.2 Å². The van der Waals surface area contributed by atoms with Gasteiger partial charge in [0.1, 0.15) is 12.4 Å². The maximum Gasteiger partial charge on any atom is 0.307 e. The predicted octanol–water partition coefficient (Wildman–Crippen LogP) is 6.78. The molecule has 4 rings (SSSR count). The van der Waals surface area contributed by atoms with Gasteiger partial charge in [-0.15, -0.1) is 11.3 Å². The van der Waals surface area contributed by atoms with Gasteiger partial charge in [-0.05, 0) is 53.3 Å². The maximum atomic E-state index is 11.2. The van der Waals surface area contributed by atoms with E-state index in [9.17, 15) is 9.90 Å². The Morgan fingerprint density at radius 1 is 1.27 bits per heavy atom. The van der Waals surface area contributed by atoms with Gasteiger partial charge in [0.15, 0.2) is 5.58 Å². The fraction of sp³-hybridized carbons (Fsp3) is 0.148. The van der Waals surface area contributed by atoms with Crippen LogP contribution in [-0.2, 0) is 22.7 Å². The fourth-order valence-electron chi connectivity index (χ4n) is 3.85. The number of hydrogen-bond acceptors (Lipinski definition) is 5. The summed E-state index contributed by atoms with van der Waals surface area (Å²) in [5.74, 6) is -0.426. The number of aliphatic carboxylic acids is 1. The second-order valence-corrected chi connectivity index (χ2v) is 8.46. The number of allylic oxidation sites excluding steroid dienone is 3. The summed E-state index contributed by atoms with van der Waals surface area (Å²) in [6.45, 7) is 6.38. The van der Waals surface area contributed by atoms with Crippen LogP contribution in [0, 0.1) is 0 Å². The number of ether oxygens (including phenoxy) is 1. The Bertz CT molecular complexity index is 1390. The van der Waals surface area contributed by atoms with Gasteiger partial charge in [-0.25, -0.2) is 0 Å². The summed E-state index contributed by atoms with van der Waals surface area (Å²) in [4.78, 5) is 11.2. The van der Waals surface area contributed by atoms with Crippen molar-refractivity contribution in [1.82, 2.24) is 0 Å². The van der Waals surface area contributed by atoms with Gasteiger partial charge < -0.3 is 20.0 Å². The third kappa shape index (κ3) is 4.62. The lowest BCUT2D eigenvalue weighted by molar-refractivity contribution is -0.136. The molecule has 0 spiro atoms. The van der Waals surface area contributed by atoms with Gasteiger partial charge in [-0.1, -0.05) is 36.9 Å². The van der Waals surface area contributed by atoms with Crippen molar-refractivity contribution >= 4 is 38.4 Å². The number of carbonyl (C=O) groups is 1. The Labute approximate surface area is 196 Å². The Kier molecular flexibility index (Phi) is 6.77. The standard InChI is InChI=1S/C27H25NO4S/c1-3-6-24(18(4-2)12-25(29)30)32-15-20-16-33-27-23(20)13-22(21-9-10-31-26(21)27)19-8-5-7-17(11-19)14-28/h3-11,13,16H,2,12,14-15,28H2,1H3,(H,29,30)/b6-3-,24-18-. The number of benzene rings is 2. The van der Waals surface area contributed by atoms with E-state index in [0.717, 1.165) is 43.3 Å². The SMILES string of the molecule is C=C/C(CC(=O)O)=C(\C=C/C)OCc1csc2c1cc(-c1cccc(CN)c1)c1ccoc12. The van der Waals surface area contributed by atoms with Crippen LogP contribution in [0.4, 0.5) is 0 Å². The Hall–Kier alpha value is -3.61. The predicted molar refractivity (Wildman–Crippen MR) is 134 cm³/mol. The zero-order valence-corrected chi connectivity index (χ0v) is 19.2. The van der Waals surface area contributed by atoms with E-state index in [1.54, 1.807) is 23.7 Å². The van der Waals surface area contributed by atoms with Gasteiger partial charge in [-0.3, -0.25) is 4.79 Å². The zero-order valence-electron chi connectivity index (χ0n) is 18.3. The maximum absolute atomic E-state index is 11.2. The van der Waals surface area contributed by atoms with Gasteiger partial charge in [-0.2, -0.15) is 0 Å². The molecule has 0 aliphatic heterocycles. The molecule has 4 aromatic rings. The van der Waals surface area contributed by atoms with Crippen LogP contribution in [0.25, 0.3) is 32.2 Å². The lowest BCUT2D eigenvalue weighted by atomic mass is 9.97. The first-order valence-corrected chi connectivity index (χ1v) is 11.5. The first-order chi connectivity index (χ1) is 16.0. The molecule has 2 aromatic carbocycles. The molecule has 0 saturated carbocycles. The van der Waals surface area contributed by atoms with E-state index in [1.807, 2.05) is 31.2 Å². The first-order valence-electron chi connectivity index (χ1n) is 10.6. The molecule has 0 aliphatic rings. The second kappa shape index (κ2) is 9.90. The van der Waals surface area contributed by atoms with Gasteiger partial charge in [0.2, 0.25) is 0 Å². The summed E-state index contributed by atoms with van der Waals surface area (Å²) >= 11 is 1.61. The van der Waals surface area contributed by atoms with Gasteiger partial charge in [0, 0.05) is 28.5 Å². The molecule has 0 atom stereocenters. The summed E-state index contributed by atoms with van der Waals surface area (Å²) < 4.78 is 13.0. The molecule has 168 valence electrons. The number of nitrogens with two attached hydrogens (primary N) is 1. The van der Waals surface area contributed by atoms with Gasteiger partial charge in [0.25, 0.3) is 0 Å². The summed E-state index contributed by atoms with van der Waals surface area (Å²) in [5, 5.41) is 13.4. The van der Waals surface area contributed by atoms with Crippen LogP contribution in [-0.4, -0.2) is 11.1 Å². The number of carboxylic acid groups (broad SMARTS) is 1. The lowest BCUT2D eigenvalue weighted by Gasteiger charge is -2.11.